The summed E-state index contributed by atoms with van der Waals surface area (Å²) < 4.78 is 0. The summed E-state index contributed by atoms with van der Waals surface area (Å²) in [7, 11) is 0. The molecule has 0 nitrogen and oxygen atoms in total. The van der Waals surface area contributed by atoms with Crippen LogP contribution in [0, 0.1) is 130 Å². The van der Waals surface area contributed by atoms with E-state index in [9.17, 15) is 0 Å². The van der Waals surface area contributed by atoms with E-state index in [2.05, 4.69) is 24.3 Å². The van der Waals surface area contributed by atoms with Crippen molar-refractivity contribution in [3.8, 4) is 0 Å². The van der Waals surface area contributed by atoms with Gasteiger partial charge in [0.25, 0.3) is 0 Å². The molecule has 0 saturated heterocycles. The van der Waals surface area contributed by atoms with Gasteiger partial charge in [0.2, 0.25) is 0 Å². The van der Waals surface area contributed by atoms with Crippen LogP contribution in [0.3, 0.4) is 0 Å². The lowest BCUT2D eigenvalue weighted by atomic mass is 9.39. The molecule has 382 valence electrons. The second kappa shape index (κ2) is 22.9. The molecule has 12 aliphatic rings. The summed E-state index contributed by atoms with van der Waals surface area (Å²) in [6, 6.07) is 0. The first kappa shape index (κ1) is 48.4. The van der Waals surface area contributed by atoms with Gasteiger partial charge >= 0.3 is 0 Å². The Morgan fingerprint density at radius 1 is 0.162 bits per heavy atom. The minimum atomic E-state index is 0.894. The van der Waals surface area contributed by atoms with Gasteiger partial charge in [-0.3, -0.25) is 0 Å². The molecule has 0 amide bonds. The van der Waals surface area contributed by atoms with Gasteiger partial charge in [0.15, 0.2) is 0 Å². The smallest absolute Gasteiger partial charge is 0.0228 e. The first-order chi connectivity index (χ1) is 33.7. The topological polar surface area (TPSA) is 0 Å². The Morgan fingerprint density at radius 3 is 0.706 bits per heavy atom. The summed E-state index contributed by atoms with van der Waals surface area (Å²) >= 11 is 0. The molecule has 0 heterocycles. The van der Waals surface area contributed by atoms with Crippen LogP contribution in [0.4, 0.5) is 0 Å². The van der Waals surface area contributed by atoms with E-state index in [1.54, 1.807) is 193 Å². The van der Waals surface area contributed by atoms with Crippen LogP contribution >= 0.6 is 0 Å². The van der Waals surface area contributed by atoms with Gasteiger partial charge in [-0.05, 0) is 246 Å². The van der Waals surface area contributed by atoms with Crippen LogP contribution in [0.5, 0.6) is 0 Å². The highest BCUT2D eigenvalue weighted by Crippen LogP contribution is 2.69. The van der Waals surface area contributed by atoms with Crippen LogP contribution in [0.15, 0.2) is 24.3 Å². The predicted molar refractivity (Wildman–Crippen MR) is 289 cm³/mol. The van der Waals surface area contributed by atoms with Gasteiger partial charge in [-0.25, -0.2) is 0 Å². The third-order valence-corrected chi connectivity index (χ3v) is 25.9. The first-order valence-corrected chi connectivity index (χ1v) is 33.1. The minimum absolute atomic E-state index is 0.894. The second-order valence-electron chi connectivity index (χ2n) is 29.1. The molecule has 0 aromatic rings. The van der Waals surface area contributed by atoms with Crippen molar-refractivity contribution in [3.63, 3.8) is 0 Å². The average Bonchev–Trinajstić information content (AvgIpc) is 3.41. The molecule has 0 bridgehead atoms. The van der Waals surface area contributed by atoms with Crippen molar-refractivity contribution in [2.75, 3.05) is 0 Å². The lowest BCUT2D eigenvalue weighted by Crippen LogP contribution is -2.60. The van der Waals surface area contributed by atoms with E-state index in [1.165, 1.54) is 77.0 Å². The summed E-state index contributed by atoms with van der Waals surface area (Å²) in [5, 5.41) is 0. The van der Waals surface area contributed by atoms with Crippen molar-refractivity contribution in [2.24, 2.45) is 130 Å². The largest absolute Gasteiger partial charge is 0.0851 e. The van der Waals surface area contributed by atoms with Gasteiger partial charge in [0, 0.05) is 0 Å². The maximum Gasteiger partial charge on any atom is -0.0228 e. The highest BCUT2D eigenvalue weighted by atomic mass is 14.7. The highest BCUT2D eigenvalue weighted by Gasteiger charge is 2.62. The summed E-state index contributed by atoms with van der Waals surface area (Å²) in [5.74, 6) is 22.9. The second-order valence-corrected chi connectivity index (χ2v) is 29.1. The lowest BCUT2D eigenvalue weighted by molar-refractivity contribution is -0.176. The van der Waals surface area contributed by atoms with Crippen LogP contribution in [0.2, 0.25) is 0 Å². The van der Waals surface area contributed by atoms with Crippen LogP contribution in [-0.2, 0) is 0 Å². The Balaban J connectivity index is 0.851. The number of hydrogen-bond donors (Lipinski definition) is 0. The van der Waals surface area contributed by atoms with Crippen molar-refractivity contribution < 1.29 is 0 Å². The number of hydrogen-bond acceptors (Lipinski definition) is 0. The summed E-state index contributed by atoms with van der Waals surface area (Å²) in [6.45, 7) is 0. The van der Waals surface area contributed by atoms with Crippen molar-refractivity contribution in [1.82, 2.24) is 0 Å². The molecule has 12 rings (SSSR count). The van der Waals surface area contributed by atoms with E-state index >= 15 is 0 Å². The maximum absolute atomic E-state index is 2.92. The van der Waals surface area contributed by atoms with E-state index in [0.717, 1.165) is 130 Å². The van der Waals surface area contributed by atoms with Crippen LogP contribution in [-0.4, -0.2) is 0 Å². The van der Waals surface area contributed by atoms with Crippen molar-refractivity contribution in [3.05, 3.63) is 24.3 Å². The molecule has 0 aromatic carbocycles. The van der Waals surface area contributed by atoms with E-state index in [0.29, 0.717) is 0 Å². The Morgan fingerprint density at radius 2 is 0.397 bits per heavy atom. The van der Waals surface area contributed by atoms with Crippen LogP contribution in [0.1, 0.15) is 270 Å². The molecular formula is C68H110. The third kappa shape index (κ3) is 10.4. The summed E-state index contributed by atoms with van der Waals surface area (Å²) in [4.78, 5) is 0. The molecule has 68 heavy (non-hydrogen) atoms. The van der Waals surface area contributed by atoms with E-state index < -0.39 is 0 Å². The zero-order chi connectivity index (χ0) is 45.2. The molecule has 12 aliphatic carbocycles. The van der Waals surface area contributed by atoms with Gasteiger partial charge in [0.1, 0.15) is 0 Å². The predicted octanol–water partition coefficient (Wildman–Crippen LogP) is 20.2. The molecule has 12 fully saturated rings. The Hall–Kier alpha value is -0.520. The van der Waals surface area contributed by atoms with E-state index in [-0.39, 0.29) is 0 Å². The molecule has 14 unspecified atom stereocenters. The standard InChI is InChI=1S/C68H110/c1-5-21-47(22-6-1)37-39-49-41-53(51-25-9-3-10-26-51)45-55(43-49)65-57-29-13-17-33-61(57)67(62-34-18-14-30-58(62)65)68-63-35-19-15-31-59(63)66(60-32-16-20-36-64(60)68)56-44-50(40-38-48-23-7-2-8-24-48)42-54(46-56)52-27-11-4-12-28-52/h37-40,47-68H,1-36,41-46H2. The zero-order valence-corrected chi connectivity index (χ0v) is 44.7. The van der Waals surface area contributed by atoms with Crippen molar-refractivity contribution in [1.29, 1.82) is 0 Å². The summed E-state index contributed by atoms with van der Waals surface area (Å²) in [6.07, 6.45) is 77.4. The van der Waals surface area contributed by atoms with Gasteiger partial charge in [-0.1, -0.05) is 178 Å². The normalized spacial score (nSPS) is 47.5. The molecule has 12 saturated carbocycles. The molecule has 0 aliphatic heterocycles. The molecule has 0 spiro atoms. The summed E-state index contributed by atoms with van der Waals surface area (Å²) in [5.41, 5.74) is 0. The zero-order valence-electron chi connectivity index (χ0n) is 44.7. The lowest BCUT2D eigenvalue weighted by Gasteiger charge is -2.66. The van der Waals surface area contributed by atoms with Crippen LogP contribution < -0.4 is 0 Å². The first-order valence-electron chi connectivity index (χ1n) is 33.1. The number of fused-ring (bicyclic) bond motifs is 4. The van der Waals surface area contributed by atoms with Gasteiger partial charge < -0.3 is 0 Å². The molecule has 0 radical (unpaired) electrons. The maximum atomic E-state index is 2.92. The fraction of sp³-hybridized carbons (Fsp3) is 0.941. The highest BCUT2D eigenvalue weighted by molar-refractivity contribution is 5.12. The van der Waals surface area contributed by atoms with Crippen LogP contribution in [0.25, 0.3) is 0 Å². The fourth-order valence-electron chi connectivity index (χ4n) is 23.5. The average molecular weight is 928 g/mol. The monoisotopic (exact) mass is 927 g/mol. The third-order valence-electron chi connectivity index (χ3n) is 25.9. The van der Waals surface area contributed by atoms with E-state index in [1.807, 2.05) is 0 Å². The molecular weight excluding hydrogens is 817 g/mol. The Bertz CT molecular complexity index is 1430. The van der Waals surface area contributed by atoms with Crippen molar-refractivity contribution in [2.45, 2.75) is 270 Å². The van der Waals surface area contributed by atoms with Gasteiger partial charge in [-0.2, -0.15) is 0 Å². The quantitative estimate of drug-likeness (QED) is 0.202. The number of rotatable bonds is 9. The Kier molecular flexibility index (Phi) is 16.3. The van der Waals surface area contributed by atoms with E-state index in [4.69, 9.17) is 0 Å². The fourth-order valence-corrected chi connectivity index (χ4v) is 23.5. The van der Waals surface area contributed by atoms with Crippen molar-refractivity contribution >= 4 is 0 Å². The molecule has 0 aromatic heterocycles. The van der Waals surface area contributed by atoms with Gasteiger partial charge in [-0.15, -0.1) is 0 Å². The molecule has 14 atom stereocenters. The Labute approximate surface area is 422 Å². The molecule has 0 heteroatoms. The molecule has 0 N–H and O–H groups in total. The minimum Gasteiger partial charge on any atom is -0.0851 e. The number of allylic oxidation sites excluding steroid dienone is 4. The SMILES string of the molecule is C(=CC1CC(C2CCCCC2)CC(C2C3CCCCC3C(C3C4CCCCC4C(C4CC(C=CC5CCCCC5)CC(C5CCCCC5)C4)C4CCCCC43)C3CCCCC32)C1)C1CCCCC1. The van der Waals surface area contributed by atoms with Gasteiger partial charge in [0.05, 0.1) is 0 Å².